The van der Waals surface area contributed by atoms with Crippen LogP contribution in [0.5, 0.6) is 0 Å². The van der Waals surface area contributed by atoms with Gasteiger partial charge >= 0.3 is 0 Å². The van der Waals surface area contributed by atoms with Gasteiger partial charge in [-0.25, -0.2) is 0 Å². The summed E-state index contributed by atoms with van der Waals surface area (Å²) < 4.78 is 0. The molecule has 0 radical (unpaired) electrons. The second-order valence-corrected chi connectivity index (χ2v) is 5.57. The van der Waals surface area contributed by atoms with Crippen molar-refractivity contribution in [2.24, 2.45) is 11.8 Å². The zero-order valence-electron chi connectivity index (χ0n) is 11.4. The standard InChI is InChI=1S/C15H31N/c1-3-4-5-6-7-8-9-10-14-11-12-15(14)13-16-2/h14-16H,3-13H2,1-2H3. The lowest BCUT2D eigenvalue weighted by Crippen LogP contribution is -2.33. The first-order chi connectivity index (χ1) is 7.88. The highest BCUT2D eigenvalue weighted by Gasteiger charge is 2.28. The van der Waals surface area contributed by atoms with E-state index in [1.807, 2.05) is 0 Å². The largest absolute Gasteiger partial charge is 0.319 e. The third kappa shape index (κ3) is 5.34. The molecular formula is C15H31N. The number of nitrogens with one attached hydrogen (secondary N) is 1. The van der Waals surface area contributed by atoms with Gasteiger partial charge in [0.1, 0.15) is 0 Å². The topological polar surface area (TPSA) is 12.0 Å². The minimum Gasteiger partial charge on any atom is -0.319 e. The van der Waals surface area contributed by atoms with E-state index in [0.717, 1.165) is 11.8 Å². The summed E-state index contributed by atoms with van der Waals surface area (Å²) >= 11 is 0. The molecule has 1 fully saturated rings. The Morgan fingerprint density at radius 1 is 0.875 bits per heavy atom. The van der Waals surface area contributed by atoms with E-state index in [2.05, 4.69) is 19.3 Å². The maximum absolute atomic E-state index is 3.32. The molecule has 16 heavy (non-hydrogen) atoms. The van der Waals surface area contributed by atoms with Gasteiger partial charge in [0.15, 0.2) is 0 Å². The van der Waals surface area contributed by atoms with Gasteiger partial charge in [0.2, 0.25) is 0 Å². The van der Waals surface area contributed by atoms with Gasteiger partial charge in [0.25, 0.3) is 0 Å². The summed E-state index contributed by atoms with van der Waals surface area (Å²) in [6, 6.07) is 0. The Bertz CT molecular complexity index is 156. The van der Waals surface area contributed by atoms with E-state index >= 15 is 0 Å². The molecule has 1 heteroatoms. The summed E-state index contributed by atoms with van der Waals surface area (Å²) in [5.74, 6) is 2.06. The molecule has 0 heterocycles. The molecule has 1 aliphatic carbocycles. The van der Waals surface area contributed by atoms with E-state index in [4.69, 9.17) is 0 Å². The summed E-state index contributed by atoms with van der Waals surface area (Å²) in [7, 11) is 2.09. The van der Waals surface area contributed by atoms with Crippen LogP contribution in [0.1, 0.15) is 71.1 Å². The number of rotatable bonds is 10. The average molecular weight is 225 g/mol. The van der Waals surface area contributed by atoms with Crippen molar-refractivity contribution in [3.63, 3.8) is 0 Å². The maximum atomic E-state index is 3.32. The summed E-state index contributed by atoms with van der Waals surface area (Å²) in [6.07, 6.45) is 14.7. The van der Waals surface area contributed by atoms with Crippen molar-refractivity contribution in [2.45, 2.75) is 71.1 Å². The molecule has 1 N–H and O–H groups in total. The first-order valence-electron chi connectivity index (χ1n) is 7.53. The molecule has 0 spiro atoms. The Labute approximate surface area is 102 Å². The molecule has 1 aliphatic rings. The van der Waals surface area contributed by atoms with E-state index in [1.54, 1.807) is 0 Å². The Morgan fingerprint density at radius 3 is 2.06 bits per heavy atom. The average Bonchev–Trinajstić information content (AvgIpc) is 2.28. The molecule has 0 amide bonds. The van der Waals surface area contributed by atoms with Crippen molar-refractivity contribution in [2.75, 3.05) is 13.6 Å². The van der Waals surface area contributed by atoms with Crippen molar-refractivity contribution in [3.8, 4) is 0 Å². The molecule has 1 saturated carbocycles. The summed E-state index contributed by atoms with van der Waals surface area (Å²) in [5, 5.41) is 3.32. The second-order valence-electron chi connectivity index (χ2n) is 5.57. The zero-order chi connectivity index (χ0) is 11.6. The molecule has 1 rings (SSSR count). The molecule has 2 unspecified atom stereocenters. The van der Waals surface area contributed by atoms with Gasteiger partial charge in [0.05, 0.1) is 0 Å². The van der Waals surface area contributed by atoms with Crippen LogP contribution in [0.15, 0.2) is 0 Å². The summed E-state index contributed by atoms with van der Waals surface area (Å²) in [6.45, 7) is 3.54. The van der Waals surface area contributed by atoms with Crippen LogP contribution in [0.3, 0.4) is 0 Å². The van der Waals surface area contributed by atoms with Gasteiger partial charge in [-0.1, -0.05) is 58.3 Å². The van der Waals surface area contributed by atoms with E-state index in [-0.39, 0.29) is 0 Å². The van der Waals surface area contributed by atoms with Crippen LogP contribution >= 0.6 is 0 Å². The Kier molecular flexibility index (Phi) is 7.92. The zero-order valence-corrected chi connectivity index (χ0v) is 11.4. The lowest BCUT2D eigenvalue weighted by atomic mass is 9.71. The third-order valence-electron chi connectivity index (χ3n) is 4.22. The van der Waals surface area contributed by atoms with Crippen LogP contribution < -0.4 is 5.32 Å². The van der Waals surface area contributed by atoms with E-state index in [1.165, 1.54) is 70.8 Å². The normalized spacial score (nSPS) is 24.4. The lowest BCUT2D eigenvalue weighted by Gasteiger charge is -2.36. The molecule has 0 aromatic carbocycles. The monoisotopic (exact) mass is 225 g/mol. The second kappa shape index (κ2) is 9.04. The smallest absolute Gasteiger partial charge is 0.00209 e. The maximum Gasteiger partial charge on any atom is -0.00209 e. The SMILES string of the molecule is CCCCCCCCCC1CCC1CNC. The van der Waals surface area contributed by atoms with Gasteiger partial charge in [0, 0.05) is 0 Å². The Hall–Kier alpha value is -0.0400. The number of unbranched alkanes of at least 4 members (excludes halogenated alkanes) is 6. The van der Waals surface area contributed by atoms with Crippen LogP contribution in [0.25, 0.3) is 0 Å². The van der Waals surface area contributed by atoms with E-state index in [0.29, 0.717) is 0 Å². The summed E-state index contributed by atoms with van der Waals surface area (Å²) in [4.78, 5) is 0. The Balaban J connectivity index is 1.84. The minimum atomic E-state index is 1.00. The fourth-order valence-corrected chi connectivity index (χ4v) is 2.91. The molecule has 2 atom stereocenters. The summed E-state index contributed by atoms with van der Waals surface area (Å²) in [5.41, 5.74) is 0. The van der Waals surface area contributed by atoms with Crippen LogP contribution in [0, 0.1) is 11.8 Å². The highest BCUT2D eigenvalue weighted by molar-refractivity contribution is 4.81. The number of hydrogen-bond donors (Lipinski definition) is 1. The molecule has 1 nitrogen and oxygen atoms in total. The fourth-order valence-electron chi connectivity index (χ4n) is 2.91. The predicted molar refractivity (Wildman–Crippen MR) is 72.8 cm³/mol. The van der Waals surface area contributed by atoms with Gasteiger partial charge in [-0.15, -0.1) is 0 Å². The highest BCUT2D eigenvalue weighted by atomic mass is 14.8. The minimum absolute atomic E-state index is 1.00. The molecule has 96 valence electrons. The fraction of sp³-hybridized carbons (Fsp3) is 1.00. The van der Waals surface area contributed by atoms with E-state index in [9.17, 15) is 0 Å². The molecule has 0 aromatic rings. The van der Waals surface area contributed by atoms with Gasteiger partial charge < -0.3 is 5.32 Å². The first kappa shape index (κ1) is 14.0. The van der Waals surface area contributed by atoms with E-state index < -0.39 is 0 Å². The lowest BCUT2D eigenvalue weighted by molar-refractivity contribution is 0.159. The molecular weight excluding hydrogens is 194 g/mol. The van der Waals surface area contributed by atoms with Crippen LogP contribution in [-0.4, -0.2) is 13.6 Å². The molecule has 0 saturated heterocycles. The third-order valence-corrected chi connectivity index (χ3v) is 4.22. The van der Waals surface area contributed by atoms with Crippen LogP contribution in [0.2, 0.25) is 0 Å². The quantitative estimate of drug-likeness (QED) is 0.544. The van der Waals surface area contributed by atoms with Gasteiger partial charge in [-0.2, -0.15) is 0 Å². The van der Waals surface area contributed by atoms with Crippen molar-refractivity contribution in [1.29, 1.82) is 0 Å². The van der Waals surface area contributed by atoms with Crippen LogP contribution in [0.4, 0.5) is 0 Å². The predicted octanol–water partition coefficient (Wildman–Crippen LogP) is 4.37. The first-order valence-corrected chi connectivity index (χ1v) is 7.53. The molecule has 0 aromatic heterocycles. The van der Waals surface area contributed by atoms with Gasteiger partial charge in [-0.05, 0) is 38.3 Å². The van der Waals surface area contributed by atoms with Crippen molar-refractivity contribution in [1.82, 2.24) is 5.32 Å². The number of hydrogen-bond acceptors (Lipinski definition) is 1. The Morgan fingerprint density at radius 2 is 1.50 bits per heavy atom. The van der Waals surface area contributed by atoms with Crippen molar-refractivity contribution >= 4 is 0 Å². The molecule has 0 bridgehead atoms. The van der Waals surface area contributed by atoms with Crippen molar-refractivity contribution in [3.05, 3.63) is 0 Å². The molecule has 0 aliphatic heterocycles. The van der Waals surface area contributed by atoms with Gasteiger partial charge in [-0.3, -0.25) is 0 Å². The highest BCUT2D eigenvalue weighted by Crippen LogP contribution is 2.37. The van der Waals surface area contributed by atoms with Crippen LogP contribution in [-0.2, 0) is 0 Å². The van der Waals surface area contributed by atoms with Crippen molar-refractivity contribution < 1.29 is 0 Å².